The van der Waals surface area contributed by atoms with E-state index in [1.807, 2.05) is 13.8 Å². The highest BCUT2D eigenvalue weighted by Gasteiger charge is 2.40. The molecule has 0 aliphatic heterocycles. The van der Waals surface area contributed by atoms with Crippen LogP contribution in [0.1, 0.15) is 27.7 Å². The maximum Gasteiger partial charge on any atom is 0.233 e. The number of anilines is 1. The zero-order valence-corrected chi connectivity index (χ0v) is 10.1. The molecule has 0 aliphatic rings. The number of aromatic nitrogens is 2. The predicted molar refractivity (Wildman–Crippen MR) is 62.7 cm³/mol. The summed E-state index contributed by atoms with van der Waals surface area (Å²) < 4.78 is 0. The Bertz CT molecular complexity index is 367. The average Bonchev–Trinajstić information content (AvgIpc) is 2.17. The molecule has 0 aliphatic carbocycles. The van der Waals surface area contributed by atoms with E-state index >= 15 is 0 Å². The van der Waals surface area contributed by atoms with Gasteiger partial charge in [-0.05, 0) is 27.7 Å². The normalized spacial score (nSPS) is 12.3. The molecule has 1 aromatic rings. The van der Waals surface area contributed by atoms with Crippen LogP contribution in [0, 0.1) is 5.41 Å². The lowest BCUT2D eigenvalue weighted by atomic mass is 9.74. The van der Waals surface area contributed by atoms with Crippen molar-refractivity contribution in [2.45, 2.75) is 33.2 Å². The molecular formula is C11H18N4O. The summed E-state index contributed by atoms with van der Waals surface area (Å²) in [5.41, 5.74) is 4.67. The Labute approximate surface area is 95.5 Å². The number of carbonyl (C=O) groups excluding carboxylic acids is 1. The minimum atomic E-state index is -0.690. The van der Waals surface area contributed by atoms with Gasteiger partial charge in [0.05, 0.1) is 11.6 Å². The molecule has 1 rings (SSSR count). The average molecular weight is 222 g/mol. The van der Waals surface area contributed by atoms with Crippen molar-refractivity contribution >= 4 is 11.7 Å². The van der Waals surface area contributed by atoms with Crippen LogP contribution in [0.3, 0.4) is 0 Å². The lowest BCUT2D eigenvalue weighted by molar-refractivity contribution is -0.126. The summed E-state index contributed by atoms with van der Waals surface area (Å²) in [6.45, 7) is 7.25. The molecule has 5 nitrogen and oxygen atoms in total. The van der Waals surface area contributed by atoms with Crippen LogP contribution in [0.15, 0.2) is 18.6 Å². The van der Waals surface area contributed by atoms with E-state index in [1.165, 1.54) is 12.4 Å². The number of amides is 1. The number of carbonyl (C=O) groups is 1. The summed E-state index contributed by atoms with van der Waals surface area (Å²) in [6.07, 6.45) is 4.57. The second-order valence-electron chi connectivity index (χ2n) is 4.89. The lowest BCUT2D eigenvalue weighted by Crippen LogP contribution is -2.53. The van der Waals surface area contributed by atoms with Crippen molar-refractivity contribution in [1.82, 2.24) is 9.97 Å². The zero-order chi connectivity index (χ0) is 12.4. The molecule has 0 saturated carbocycles. The van der Waals surface area contributed by atoms with E-state index in [9.17, 15) is 4.79 Å². The molecule has 1 heterocycles. The molecular weight excluding hydrogens is 204 g/mol. The van der Waals surface area contributed by atoms with Crippen molar-refractivity contribution in [2.24, 2.45) is 11.1 Å². The Morgan fingerprint density at radius 2 is 1.94 bits per heavy atom. The van der Waals surface area contributed by atoms with Gasteiger partial charge in [0, 0.05) is 17.9 Å². The first-order valence-corrected chi connectivity index (χ1v) is 5.11. The number of hydrogen-bond donors (Lipinski definition) is 2. The molecule has 88 valence electrons. The van der Waals surface area contributed by atoms with Crippen LogP contribution >= 0.6 is 0 Å². The fraction of sp³-hybridized carbons (Fsp3) is 0.545. The molecule has 0 aromatic carbocycles. The van der Waals surface area contributed by atoms with E-state index in [0.717, 1.165) is 0 Å². The van der Waals surface area contributed by atoms with Crippen molar-refractivity contribution < 1.29 is 4.79 Å². The maximum absolute atomic E-state index is 12.0. The fourth-order valence-electron chi connectivity index (χ4n) is 0.929. The predicted octanol–water partition coefficient (Wildman–Crippen LogP) is 1.18. The summed E-state index contributed by atoms with van der Waals surface area (Å²) in [5.74, 6) is 0.269. The Hall–Kier alpha value is -1.49. The summed E-state index contributed by atoms with van der Waals surface area (Å²) in [4.78, 5) is 19.9. The molecule has 0 saturated heterocycles. The van der Waals surface area contributed by atoms with Gasteiger partial charge < -0.3 is 11.1 Å². The van der Waals surface area contributed by atoms with Crippen molar-refractivity contribution in [3.8, 4) is 0 Å². The van der Waals surface area contributed by atoms with Crippen LogP contribution < -0.4 is 11.1 Å². The van der Waals surface area contributed by atoms with Crippen LogP contribution in [0.25, 0.3) is 0 Å². The van der Waals surface area contributed by atoms with E-state index in [1.54, 1.807) is 20.0 Å². The van der Waals surface area contributed by atoms with Crippen LogP contribution in [0.4, 0.5) is 5.82 Å². The minimum absolute atomic E-state index is 0.166. The maximum atomic E-state index is 12.0. The Morgan fingerprint density at radius 1 is 1.31 bits per heavy atom. The number of nitrogens with two attached hydrogens (primary N) is 1. The summed E-state index contributed by atoms with van der Waals surface area (Å²) >= 11 is 0. The van der Waals surface area contributed by atoms with E-state index in [2.05, 4.69) is 15.3 Å². The largest absolute Gasteiger partial charge is 0.325 e. The third kappa shape index (κ3) is 2.55. The summed E-state index contributed by atoms with van der Waals surface area (Å²) in [5, 5.41) is 2.70. The zero-order valence-electron chi connectivity index (χ0n) is 10.1. The number of rotatable bonds is 3. The first-order chi connectivity index (χ1) is 7.25. The van der Waals surface area contributed by atoms with Gasteiger partial charge in [0.1, 0.15) is 0 Å². The van der Waals surface area contributed by atoms with Crippen LogP contribution in [-0.2, 0) is 4.79 Å². The van der Waals surface area contributed by atoms with Gasteiger partial charge in [-0.1, -0.05) is 0 Å². The molecule has 0 radical (unpaired) electrons. The third-order valence-corrected chi connectivity index (χ3v) is 2.98. The first-order valence-electron chi connectivity index (χ1n) is 5.11. The van der Waals surface area contributed by atoms with Crippen molar-refractivity contribution in [2.75, 3.05) is 5.32 Å². The highest BCUT2D eigenvalue weighted by Crippen LogP contribution is 2.29. The standard InChI is InChI=1S/C11H18N4O/c1-10(2,11(3,4)12)9(16)15-8-7-13-5-6-14-8/h5-7H,12H2,1-4H3,(H,14,15,16). The van der Waals surface area contributed by atoms with Gasteiger partial charge in [0.15, 0.2) is 5.82 Å². The van der Waals surface area contributed by atoms with E-state index in [4.69, 9.17) is 5.73 Å². The van der Waals surface area contributed by atoms with Gasteiger partial charge in [-0.2, -0.15) is 0 Å². The number of nitrogens with one attached hydrogen (secondary N) is 1. The quantitative estimate of drug-likeness (QED) is 0.804. The molecule has 0 atom stereocenters. The summed E-state index contributed by atoms with van der Waals surface area (Å²) in [7, 11) is 0. The molecule has 0 unspecified atom stereocenters. The SMILES string of the molecule is CC(C)(N)C(C)(C)C(=O)Nc1cnccn1. The van der Waals surface area contributed by atoms with E-state index < -0.39 is 11.0 Å². The smallest absolute Gasteiger partial charge is 0.233 e. The third-order valence-electron chi connectivity index (χ3n) is 2.98. The van der Waals surface area contributed by atoms with Gasteiger partial charge in [-0.25, -0.2) is 4.98 Å². The first kappa shape index (κ1) is 12.6. The van der Waals surface area contributed by atoms with Crippen molar-refractivity contribution in [3.05, 3.63) is 18.6 Å². The molecule has 0 spiro atoms. The van der Waals surface area contributed by atoms with Crippen LogP contribution in [-0.4, -0.2) is 21.4 Å². The van der Waals surface area contributed by atoms with Gasteiger partial charge in [0.25, 0.3) is 0 Å². The Balaban J connectivity index is 2.81. The van der Waals surface area contributed by atoms with Crippen molar-refractivity contribution in [1.29, 1.82) is 0 Å². The molecule has 0 fully saturated rings. The monoisotopic (exact) mass is 222 g/mol. The topological polar surface area (TPSA) is 80.9 Å². The second kappa shape index (κ2) is 4.17. The van der Waals surface area contributed by atoms with Gasteiger partial charge in [0.2, 0.25) is 5.91 Å². The highest BCUT2D eigenvalue weighted by molar-refractivity contribution is 5.94. The highest BCUT2D eigenvalue weighted by atomic mass is 16.2. The molecule has 0 bridgehead atoms. The molecule has 1 amide bonds. The van der Waals surface area contributed by atoms with Gasteiger partial charge in [-0.3, -0.25) is 9.78 Å². The molecule has 1 aromatic heterocycles. The molecule has 16 heavy (non-hydrogen) atoms. The minimum Gasteiger partial charge on any atom is -0.325 e. The van der Waals surface area contributed by atoms with E-state index in [0.29, 0.717) is 5.82 Å². The van der Waals surface area contributed by atoms with E-state index in [-0.39, 0.29) is 5.91 Å². The number of nitrogens with zero attached hydrogens (tertiary/aromatic N) is 2. The van der Waals surface area contributed by atoms with Crippen LogP contribution in [0.2, 0.25) is 0 Å². The Kier molecular flexibility index (Phi) is 3.28. The molecule has 5 heteroatoms. The molecule has 3 N–H and O–H groups in total. The van der Waals surface area contributed by atoms with Gasteiger partial charge in [-0.15, -0.1) is 0 Å². The Morgan fingerprint density at radius 3 is 2.38 bits per heavy atom. The van der Waals surface area contributed by atoms with Gasteiger partial charge >= 0.3 is 0 Å². The fourth-order valence-corrected chi connectivity index (χ4v) is 0.929. The number of hydrogen-bond acceptors (Lipinski definition) is 4. The second-order valence-corrected chi connectivity index (χ2v) is 4.89. The van der Waals surface area contributed by atoms with Crippen molar-refractivity contribution in [3.63, 3.8) is 0 Å². The lowest BCUT2D eigenvalue weighted by Gasteiger charge is -2.36. The summed E-state index contributed by atoms with van der Waals surface area (Å²) in [6, 6.07) is 0. The van der Waals surface area contributed by atoms with Crippen LogP contribution in [0.5, 0.6) is 0 Å².